The maximum absolute atomic E-state index is 5.78. The van der Waals surface area contributed by atoms with E-state index in [-0.39, 0.29) is 5.92 Å². The van der Waals surface area contributed by atoms with Gasteiger partial charge in [0.25, 0.3) is 0 Å². The van der Waals surface area contributed by atoms with E-state index < -0.39 is 5.60 Å². The summed E-state index contributed by atoms with van der Waals surface area (Å²) in [7, 11) is 0. The molecule has 0 aliphatic heterocycles. The Morgan fingerprint density at radius 3 is 2.55 bits per heavy atom. The second-order valence-corrected chi connectivity index (χ2v) is 5.51. The highest BCUT2D eigenvalue weighted by Crippen LogP contribution is 2.28. The van der Waals surface area contributed by atoms with Gasteiger partial charge >= 0.3 is 0 Å². The monoisotopic (exact) mass is 283 g/mol. The molecule has 1 heterocycles. The van der Waals surface area contributed by atoms with Crippen molar-refractivity contribution in [2.45, 2.75) is 71.9 Å². The second kappa shape index (κ2) is 7.74. The molecule has 0 radical (unpaired) electrons. The van der Waals surface area contributed by atoms with Gasteiger partial charge in [0.15, 0.2) is 0 Å². The summed E-state index contributed by atoms with van der Waals surface area (Å²) in [5.41, 5.74) is -0.462. The second-order valence-electron chi connectivity index (χ2n) is 5.51. The fraction of sp³-hybridized carbons (Fsp3) is 0.867. The van der Waals surface area contributed by atoms with Gasteiger partial charge in [-0.15, -0.1) is 0 Å². The quantitative estimate of drug-likeness (QED) is 0.754. The van der Waals surface area contributed by atoms with E-state index in [9.17, 15) is 0 Å². The molecule has 1 aromatic rings. The molecule has 1 aromatic heterocycles. The van der Waals surface area contributed by atoms with Crippen molar-refractivity contribution in [3.05, 3.63) is 11.7 Å². The maximum Gasteiger partial charge on any atom is 0.231 e. The first kappa shape index (κ1) is 17.1. The van der Waals surface area contributed by atoms with Gasteiger partial charge in [-0.3, -0.25) is 0 Å². The molecule has 1 N–H and O–H groups in total. The van der Waals surface area contributed by atoms with Crippen molar-refractivity contribution in [3.63, 3.8) is 0 Å². The molecule has 3 unspecified atom stereocenters. The van der Waals surface area contributed by atoms with Crippen LogP contribution >= 0.6 is 0 Å². The first-order chi connectivity index (χ1) is 9.48. The number of hydrogen-bond donors (Lipinski definition) is 1. The topological polar surface area (TPSA) is 60.2 Å². The summed E-state index contributed by atoms with van der Waals surface area (Å²) in [6.07, 6.45) is 1.93. The number of ether oxygens (including phenoxy) is 1. The summed E-state index contributed by atoms with van der Waals surface area (Å²) in [4.78, 5) is 4.56. The third kappa shape index (κ3) is 4.03. The van der Waals surface area contributed by atoms with Crippen molar-refractivity contribution in [2.24, 2.45) is 0 Å². The smallest absolute Gasteiger partial charge is 0.231 e. The van der Waals surface area contributed by atoms with E-state index >= 15 is 0 Å². The first-order valence-corrected chi connectivity index (χ1v) is 7.69. The van der Waals surface area contributed by atoms with Crippen LogP contribution in [0.3, 0.4) is 0 Å². The molecule has 0 amide bonds. The van der Waals surface area contributed by atoms with E-state index in [1.165, 1.54) is 0 Å². The Morgan fingerprint density at radius 1 is 1.30 bits per heavy atom. The van der Waals surface area contributed by atoms with Gasteiger partial charge in [0.05, 0.1) is 5.92 Å². The van der Waals surface area contributed by atoms with Gasteiger partial charge < -0.3 is 14.6 Å². The molecule has 5 nitrogen and oxygen atoms in total. The molecular formula is C15H29N3O2. The number of nitrogens with one attached hydrogen (secondary N) is 1. The molecule has 0 bridgehead atoms. The Balaban J connectivity index is 2.80. The lowest BCUT2D eigenvalue weighted by atomic mass is 10.0. The number of hydrogen-bond acceptors (Lipinski definition) is 5. The molecule has 0 saturated heterocycles. The van der Waals surface area contributed by atoms with Gasteiger partial charge in [-0.1, -0.05) is 25.9 Å². The Bertz CT molecular complexity index is 394. The highest BCUT2D eigenvalue weighted by atomic mass is 16.5. The predicted molar refractivity (Wildman–Crippen MR) is 79.7 cm³/mol. The summed E-state index contributed by atoms with van der Waals surface area (Å²) in [5, 5.41) is 7.58. The van der Waals surface area contributed by atoms with Gasteiger partial charge in [-0.25, -0.2) is 0 Å². The predicted octanol–water partition coefficient (Wildman–Crippen LogP) is 3.22. The zero-order chi connectivity index (χ0) is 15.2. The fourth-order valence-corrected chi connectivity index (χ4v) is 2.04. The molecule has 1 rings (SSSR count). The van der Waals surface area contributed by atoms with Gasteiger partial charge in [-0.05, 0) is 40.2 Å². The van der Waals surface area contributed by atoms with Crippen LogP contribution in [0.5, 0.6) is 0 Å². The van der Waals surface area contributed by atoms with Crippen molar-refractivity contribution in [2.75, 3.05) is 13.2 Å². The number of rotatable bonds is 9. The SMILES string of the molecule is CCCNC(C)C(C)c1nc(C(C)(CC)OCC)no1. The standard InChI is InChI=1S/C15H29N3O2/c1-7-10-16-12(5)11(4)13-17-14(18-20-13)15(6,8-2)19-9-3/h11-12,16H,7-10H2,1-6H3. The van der Waals surface area contributed by atoms with Crippen LogP contribution in [-0.2, 0) is 10.3 Å². The molecule has 3 atom stereocenters. The molecule has 0 aliphatic rings. The minimum Gasteiger partial charge on any atom is -0.367 e. The van der Waals surface area contributed by atoms with E-state index in [1.54, 1.807) is 0 Å². The van der Waals surface area contributed by atoms with Crippen molar-refractivity contribution in [3.8, 4) is 0 Å². The summed E-state index contributed by atoms with van der Waals surface area (Å²) in [6.45, 7) is 14.1. The van der Waals surface area contributed by atoms with E-state index in [1.807, 2.05) is 13.8 Å². The van der Waals surface area contributed by atoms with Crippen molar-refractivity contribution < 1.29 is 9.26 Å². The van der Waals surface area contributed by atoms with Crippen LogP contribution in [0.15, 0.2) is 4.52 Å². The van der Waals surface area contributed by atoms with Gasteiger partial charge in [-0.2, -0.15) is 4.98 Å². The summed E-state index contributed by atoms with van der Waals surface area (Å²) >= 11 is 0. The summed E-state index contributed by atoms with van der Waals surface area (Å²) in [6, 6.07) is 0.309. The molecule has 0 fully saturated rings. The Labute approximate surface area is 122 Å². The average molecular weight is 283 g/mol. The van der Waals surface area contributed by atoms with E-state index in [2.05, 4.69) is 43.2 Å². The number of aromatic nitrogens is 2. The molecule has 0 aliphatic carbocycles. The average Bonchev–Trinajstić information content (AvgIpc) is 2.94. The van der Waals surface area contributed by atoms with Crippen LogP contribution in [0.25, 0.3) is 0 Å². The lowest BCUT2D eigenvalue weighted by Gasteiger charge is -2.24. The lowest BCUT2D eigenvalue weighted by molar-refractivity contribution is -0.0403. The minimum atomic E-state index is -0.462. The van der Waals surface area contributed by atoms with Gasteiger partial charge in [0, 0.05) is 12.6 Å². The van der Waals surface area contributed by atoms with Gasteiger partial charge in [0.1, 0.15) is 5.60 Å². The molecular weight excluding hydrogens is 254 g/mol. The van der Waals surface area contributed by atoms with Gasteiger partial charge in [0.2, 0.25) is 11.7 Å². The summed E-state index contributed by atoms with van der Waals surface area (Å²) in [5.74, 6) is 1.51. The van der Waals surface area contributed by atoms with E-state index in [0.29, 0.717) is 24.4 Å². The van der Waals surface area contributed by atoms with E-state index in [4.69, 9.17) is 9.26 Å². The van der Waals surface area contributed by atoms with E-state index in [0.717, 1.165) is 19.4 Å². The maximum atomic E-state index is 5.78. The van der Waals surface area contributed by atoms with Crippen LogP contribution in [-0.4, -0.2) is 29.3 Å². The van der Waals surface area contributed by atoms with Crippen LogP contribution in [0.4, 0.5) is 0 Å². The minimum absolute atomic E-state index is 0.186. The Kier molecular flexibility index (Phi) is 6.62. The highest BCUT2D eigenvalue weighted by Gasteiger charge is 2.32. The lowest BCUT2D eigenvalue weighted by Crippen LogP contribution is -2.32. The molecule has 0 saturated carbocycles. The zero-order valence-electron chi connectivity index (χ0n) is 13.7. The highest BCUT2D eigenvalue weighted by molar-refractivity contribution is 5.03. The molecule has 0 aromatic carbocycles. The van der Waals surface area contributed by atoms with Crippen molar-refractivity contribution in [1.82, 2.24) is 15.5 Å². The number of nitrogens with zero attached hydrogens (tertiary/aromatic N) is 2. The van der Waals surface area contributed by atoms with Crippen molar-refractivity contribution >= 4 is 0 Å². The third-order valence-corrected chi connectivity index (χ3v) is 3.91. The first-order valence-electron chi connectivity index (χ1n) is 7.69. The molecule has 20 heavy (non-hydrogen) atoms. The summed E-state index contributed by atoms with van der Waals surface area (Å²) < 4.78 is 11.2. The normalized spacial score (nSPS) is 17.7. The molecule has 116 valence electrons. The Morgan fingerprint density at radius 2 is 2.00 bits per heavy atom. The van der Waals surface area contributed by atoms with Crippen LogP contribution in [0, 0.1) is 0 Å². The van der Waals surface area contributed by atoms with Crippen molar-refractivity contribution in [1.29, 1.82) is 0 Å². The van der Waals surface area contributed by atoms with Crippen LogP contribution < -0.4 is 5.32 Å². The molecule has 0 spiro atoms. The van der Waals surface area contributed by atoms with Crippen LogP contribution in [0.1, 0.15) is 72.0 Å². The third-order valence-electron chi connectivity index (χ3n) is 3.91. The Hall–Kier alpha value is -0.940. The molecule has 5 heteroatoms. The van der Waals surface area contributed by atoms with Crippen LogP contribution in [0.2, 0.25) is 0 Å². The largest absolute Gasteiger partial charge is 0.367 e. The zero-order valence-corrected chi connectivity index (χ0v) is 13.7. The fourth-order valence-electron chi connectivity index (χ4n) is 2.04.